The Kier molecular flexibility index (Phi) is 3.25. The Morgan fingerprint density at radius 2 is 2.09 bits per heavy atom. The molecular weight excluding hydrogens is 290 g/mol. The highest BCUT2D eigenvalue weighted by Crippen LogP contribution is 2.30. The Morgan fingerprint density at radius 3 is 2.82 bits per heavy atom. The molecular formula is C15H12F2N4O. The molecule has 3 rings (SSSR count). The van der Waals surface area contributed by atoms with E-state index in [1.165, 1.54) is 36.0 Å². The lowest BCUT2D eigenvalue weighted by molar-refractivity contribution is 0.0952. The number of aromatic nitrogens is 2. The van der Waals surface area contributed by atoms with E-state index in [0.717, 1.165) is 6.07 Å². The summed E-state index contributed by atoms with van der Waals surface area (Å²) < 4.78 is 29.5. The van der Waals surface area contributed by atoms with E-state index in [4.69, 9.17) is 5.73 Å². The van der Waals surface area contributed by atoms with Gasteiger partial charge in [0.1, 0.15) is 5.82 Å². The smallest absolute Gasteiger partial charge is 0.287 e. The van der Waals surface area contributed by atoms with E-state index >= 15 is 0 Å². The van der Waals surface area contributed by atoms with Crippen LogP contribution in [0.1, 0.15) is 10.6 Å². The van der Waals surface area contributed by atoms with Crippen LogP contribution in [0.3, 0.4) is 0 Å². The maximum absolute atomic E-state index is 14.1. The molecule has 0 saturated carbocycles. The normalized spacial score (nSPS) is 10.9. The van der Waals surface area contributed by atoms with Gasteiger partial charge in [0.25, 0.3) is 5.91 Å². The number of hydrogen-bond acceptors (Lipinski definition) is 3. The van der Waals surface area contributed by atoms with Crippen LogP contribution in [0.2, 0.25) is 0 Å². The number of pyridine rings is 1. The maximum atomic E-state index is 14.1. The minimum absolute atomic E-state index is 0.129. The first-order chi connectivity index (χ1) is 10.5. The van der Waals surface area contributed by atoms with Crippen LogP contribution in [0.5, 0.6) is 0 Å². The molecule has 0 aliphatic rings. The molecule has 0 unspecified atom stereocenters. The molecule has 0 fully saturated rings. The van der Waals surface area contributed by atoms with E-state index in [1.54, 1.807) is 6.07 Å². The topological polar surface area (TPSA) is 72.4 Å². The highest BCUT2D eigenvalue weighted by molar-refractivity contribution is 5.91. The average Bonchev–Trinajstić information content (AvgIpc) is 2.94. The Labute approximate surface area is 124 Å². The third kappa shape index (κ3) is 2.07. The number of amides is 1. The summed E-state index contributed by atoms with van der Waals surface area (Å²) in [5, 5.41) is 2.47. The van der Waals surface area contributed by atoms with Crippen LogP contribution in [0.25, 0.3) is 16.6 Å². The molecule has 5 nitrogen and oxygen atoms in total. The quantitative estimate of drug-likeness (QED) is 0.713. The van der Waals surface area contributed by atoms with Gasteiger partial charge in [0.05, 0.1) is 23.0 Å². The fourth-order valence-electron chi connectivity index (χ4n) is 2.27. The van der Waals surface area contributed by atoms with Gasteiger partial charge in [-0.1, -0.05) is 0 Å². The van der Waals surface area contributed by atoms with E-state index in [9.17, 15) is 13.6 Å². The molecule has 2 aromatic heterocycles. The van der Waals surface area contributed by atoms with Gasteiger partial charge in [-0.15, -0.1) is 0 Å². The first kappa shape index (κ1) is 14.0. The van der Waals surface area contributed by atoms with Crippen molar-refractivity contribution in [1.82, 2.24) is 14.7 Å². The highest BCUT2D eigenvalue weighted by Gasteiger charge is 2.16. The van der Waals surface area contributed by atoms with E-state index in [1.807, 2.05) is 0 Å². The van der Waals surface area contributed by atoms with Gasteiger partial charge in [-0.3, -0.25) is 9.20 Å². The monoisotopic (exact) mass is 302 g/mol. The molecule has 0 atom stereocenters. The van der Waals surface area contributed by atoms with Gasteiger partial charge < -0.3 is 11.1 Å². The largest absolute Gasteiger partial charge is 0.396 e. The molecule has 1 aromatic carbocycles. The molecule has 112 valence electrons. The van der Waals surface area contributed by atoms with Crippen LogP contribution in [-0.4, -0.2) is 22.3 Å². The van der Waals surface area contributed by atoms with Crippen molar-refractivity contribution in [3.05, 3.63) is 54.1 Å². The fraction of sp³-hybridized carbons (Fsp3) is 0.0667. The first-order valence-corrected chi connectivity index (χ1v) is 6.46. The third-order valence-corrected chi connectivity index (χ3v) is 3.37. The lowest BCUT2D eigenvalue weighted by Gasteiger charge is -2.08. The zero-order valence-corrected chi connectivity index (χ0v) is 11.6. The second-order valence-corrected chi connectivity index (χ2v) is 4.70. The van der Waals surface area contributed by atoms with Gasteiger partial charge in [0.15, 0.2) is 5.82 Å². The summed E-state index contributed by atoms with van der Waals surface area (Å²) in [6, 6.07) is 5.34. The van der Waals surface area contributed by atoms with Crippen molar-refractivity contribution in [2.24, 2.45) is 0 Å². The molecule has 1 amide bonds. The third-order valence-electron chi connectivity index (χ3n) is 3.37. The second-order valence-electron chi connectivity index (χ2n) is 4.70. The molecule has 0 aliphatic carbocycles. The van der Waals surface area contributed by atoms with E-state index in [2.05, 4.69) is 10.3 Å². The number of hydrogen-bond donors (Lipinski definition) is 2. The number of benzene rings is 1. The SMILES string of the molecule is CNC(=O)c1ncc2cc(-c3c(F)ccc(N)c3F)ccn12. The van der Waals surface area contributed by atoms with Crippen molar-refractivity contribution < 1.29 is 13.6 Å². The number of nitrogens with one attached hydrogen (secondary N) is 1. The molecule has 2 heterocycles. The summed E-state index contributed by atoms with van der Waals surface area (Å²) >= 11 is 0. The van der Waals surface area contributed by atoms with Crippen LogP contribution >= 0.6 is 0 Å². The van der Waals surface area contributed by atoms with Crippen molar-refractivity contribution in [2.75, 3.05) is 12.8 Å². The number of nitrogens with zero attached hydrogens (tertiary/aromatic N) is 2. The Bertz CT molecular complexity index is 889. The zero-order valence-electron chi connectivity index (χ0n) is 11.6. The van der Waals surface area contributed by atoms with E-state index < -0.39 is 11.6 Å². The van der Waals surface area contributed by atoms with Crippen molar-refractivity contribution in [1.29, 1.82) is 0 Å². The highest BCUT2D eigenvalue weighted by atomic mass is 19.1. The summed E-state index contributed by atoms with van der Waals surface area (Å²) in [4.78, 5) is 15.7. The van der Waals surface area contributed by atoms with Crippen molar-refractivity contribution >= 4 is 17.1 Å². The predicted molar refractivity (Wildman–Crippen MR) is 78.3 cm³/mol. The number of fused-ring (bicyclic) bond motifs is 1. The lowest BCUT2D eigenvalue weighted by atomic mass is 10.0. The van der Waals surface area contributed by atoms with Crippen LogP contribution in [-0.2, 0) is 0 Å². The number of halogens is 2. The van der Waals surface area contributed by atoms with Gasteiger partial charge >= 0.3 is 0 Å². The summed E-state index contributed by atoms with van der Waals surface area (Å²) in [5.41, 5.74) is 6.01. The molecule has 22 heavy (non-hydrogen) atoms. The predicted octanol–water partition coefficient (Wildman–Crippen LogP) is 2.22. The molecule has 3 N–H and O–H groups in total. The van der Waals surface area contributed by atoms with Crippen molar-refractivity contribution in [2.45, 2.75) is 0 Å². The van der Waals surface area contributed by atoms with Crippen LogP contribution in [0.15, 0.2) is 36.7 Å². The number of anilines is 1. The first-order valence-electron chi connectivity index (χ1n) is 6.46. The lowest BCUT2D eigenvalue weighted by Crippen LogP contribution is -2.20. The minimum atomic E-state index is -0.810. The standard InChI is InChI=1S/C15H12F2N4O/c1-19-15(22)14-20-7-9-6-8(4-5-21(9)14)12-10(16)2-3-11(18)13(12)17/h2-7H,18H2,1H3,(H,19,22). The van der Waals surface area contributed by atoms with Crippen LogP contribution in [0, 0.1) is 11.6 Å². The number of rotatable bonds is 2. The maximum Gasteiger partial charge on any atom is 0.287 e. The summed E-state index contributed by atoms with van der Waals surface area (Å²) in [5.74, 6) is -1.68. The Hall–Kier alpha value is -2.96. The average molecular weight is 302 g/mol. The van der Waals surface area contributed by atoms with Crippen molar-refractivity contribution in [3.63, 3.8) is 0 Å². The van der Waals surface area contributed by atoms with E-state index in [0.29, 0.717) is 11.1 Å². The summed E-state index contributed by atoms with van der Waals surface area (Å²) in [6.07, 6.45) is 2.99. The van der Waals surface area contributed by atoms with Gasteiger partial charge in [-0.25, -0.2) is 13.8 Å². The molecule has 0 bridgehead atoms. The summed E-state index contributed by atoms with van der Waals surface area (Å²) in [7, 11) is 1.50. The van der Waals surface area contributed by atoms with Gasteiger partial charge in [-0.05, 0) is 29.8 Å². The summed E-state index contributed by atoms with van der Waals surface area (Å²) in [6.45, 7) is 0. The fourth-order valence-corrected chi connectivity index (χ4v) is 2.27. The van der Waals surface area contributed by atoms with Gasteiger partial charge in [0, 0.05) is 13.2 Å². The molecule has 0 aliphatic heterocycles. The molecule has 7 heteroatoms. The minimum Gasteiger partial charge on any atom is -0.396 e. The number of nitrogens with two attached hydrogens (primary N) is 1. The molecule has 3 aromatic rings. The van der Waals surface area contributed by atoms with Crippen LogP contribution in [0.4, 0.5) is 14.5 Å². The van der Waals surface area contributed by atoms with Crippen LogP contribution < -0.4 is 11.1 Å². The molecule has 0 spiro atoms. The number of carbonyl (C=O) groups excluding carboxylic acids is 1. The van der Waals surface area contributed by atoms with Crippen molar-refractivity contribution in [3.8, 4) is 11.1 Å². The number of nitrogen functional groups attached to an aromatic ring is 1. The number of carbonyl (C=O) groups is 1. The Balaban J connectivity index is 2.19. The Morgan fingerprint density at radius 1 is 1.32 bits per heavy atom. The second kappa shape index (κ2) is 5.10. The van der Waals surface area contributed by atoms with Gasteiger partial charge in [0.2, 0.25) is 5.82 Å². The van der Waals surface area contributed by atoms with Gasteiger partial charge in [-0.2, -0.15) is 0 Å². The van der Waals surface area contributed by atoms with E-state index in [-0.39, 0.29) is 23.0 Å². The zero-order chi connectivity index (χ0) is 15.9. The number of imidazole rings is 1. The molecule has 0 radical (unpaired) electrons. The molecule has 0 saturated heterocycles.